The minimum absolute atomic E-state index is 0.679. The van der Waals surface area contributed by atoms with Gasteiger partial charge < -0.3 is 0 Å². The van der Waals surface area contributed by atoms with E-state index in [1.165, 1.54) is 0 Å². The van der Waals surface area contributed by atoms with Gasteiger partial charge in [-0.1, -0.05) is 35.3 Å². The summed E-state index contributed by atoms with van der Waals surface area (Å²) < 4.78 is 0. The second-order valence-corrected chi connectivity index (χ2v) is 5.07. The van der Waals surface area contributed by atoms with Crippen LogP contribution in [0.4, 0.5) is 0 Å². The fourth-order valence-corrected chi connectivity index (χ4v) is 2.57. The number of aryl methyl sites for hydroxylation is 1. The van der Waals surface area contributed by atoms with Crippen LogP contribution >= 0.6 is 23.2 Å². The Bertz CT molecular complexity index is 782. The lowest BCUT2D eigenvalue weighted by Crippen LogP contribution is -1.93. The molecule has 18 heavy (non-hydrogen) atoms. The number of hydrogen-bond acceptors (Lipinski definition) is 2. The van der Waals surface area contributed by atoms with Crippen molar-refractivity contribution >= 4 is 45.0 Å². The lowest BCUT2D eigenvalue weighted by atomic mass is 10.1. The van der Waals surface area contributed by atoms with Crippen LogP contribution in [0, 0.1) is 13.8 Å². The number of aromatic nitrogens is 2. The smallest absolute Gasteiger partial charge is 0.0983 e. The van der Waals surface area contributed by atoms with Crippen LogP contribution < -0.4 is 0 Å². The molecular weight excluding hydrogens is 267 g/mol. The molecule has 0 saturated heterocycles. The first-order valence-corrected chi connectivity index (χ1v) is 6.35. The second-order valence-electron chi connectivity index (χ2n) is 4.29. The third-order valence-corrected chi connectivity index (χ3v) is 4.04. The monoisotopic (exact) mass is 276 g/mol. The van der Waals surface area contributed by atoms with E-state index < -0.39 is 0 Å². The van der Waals surface area contributed by atoms with Crippen LogP contribution in [0.2, 0.25) is 10.0 Å². The van der Waals surface area contributed by atoms with E-state index in [0.717, 1.165) is 38.1 Å². The highest BCUT2D eigenvalue weighted by atomic mass is 35.5. The van der Waals surface area contributed by atoms with Crippen molar-refractivity contribution in [1.29, 1.82) is 0 Å². The van der Waals surface area contributed by atoms with Crippen molar-refractivity contribution in [2.45, 2.75) is 13.8 Å². The van der Waals surface area contributed by atoms with Gasteiger partial charge in [0.25, 0.3) is 0 Å². The maximum absolute atomic E-state index is 6.37. The zero-order valence-corrected chi connectivity index (χ0v) is 11.5. The van der Waals surface area contributed by atoms with E-state index in [1.807, 2.05) is 26.0 Å². The average molecular weight is 277 g/mol. The molecule has 0 spiro atoms. The van der Waals surface area contributed by atoms with E-state index in [2.05, 4.69) is 9.97 Å². The number of halogens is 2. The van der Waals surface area contributed by atoms with Crippen molar-refractivity contribution in [2.75, 3.05) is 0 Å². The van der Waals surface area contributed by atoms with Gasteiger partial charge in [0, 0.05) is 22.7 Å². The summed E-state index contributed by atoms with van der Waals surface area (Å²) in [6.45, 7) is 3.92. The number of rotatable bonds is 0. The van der Waals surface area contributed by atoms with Crippen molar-refractivity contribution in [3.05, 3.63) is 45.7 Å². The van der Waals surface area contributed by atoms with Crippen LogP contribution in [-0.4, -0.2) is 9.97 Å². The zero-order chi connectivity index (χ0) is 12.9. The van der Waals surface area contributed by atoms with Gasteiger partial charge >= 0.3 is 0 Å². The lowest BCUT2D eigenvalue weighted by molar-refractivity contribution is 1.20. The predicted octanol–water partition coefficient (Wildman–Crippen LogP) is 4.71. The molecule has 2 nitrogen and oxygen atoms in total. The second kappa shape index (κ2) is 4.08. The maximum atomic E-state index is 6.37. The molecule has 0 aliphatic rings. The Morgan fingerprint density at radius 2 is 1.67 bits per heavy atom. The summed E-state index contributed by atoms with van der Waals surface area (Å²) >= 11 is 12.5. The minimum Gasteiger partial charge on any atom is -0.254 e. The number of hydrogen-bond donors (Lipinski definition) is 0. The molecule has 2 aromatic heterocycles. The summed E-state index contributed by atoms with van der Waals surface area (Å²) in [4.78, 5) is 8.98. The molecule has 0 bridgehead atoms. The average Bonchev–Trinajstić information content (AvgIpc) is 2.36. The summed E-state index contributed by atoms with van der Waals surface area (Å²) in [7, 11) is 0. The standard InChI is InChI=1S/C14H10Cl2N2/c1-7-8(2)18-14-10(12(7)16)4-3-9-11(15)5-6-17-13(9)14/h3-6H,1-2H3. The Labute approximate surface area is 115 Å². The Hall–Kier alpha value is -1.38. The predicted molar refractivity (Wildman–Crippen MR) is 76.5 cm³/mol. The molecule has 3 rings (SSSR count). The van der Waals surface area contributed by atoms with Crippen LogP contribution in [0.15, 0.2) is 24.4 Å². The molecule has 0 aliphatic heterocycles. The third kappa shape index (κ3) is 1.57. The van der Waals surface area contributed by atoms with E-state index in [1.54, 1.807) is 12.3 Å². The molecule has 90 valence electrons. The van der Waals surface area contributed by atoms with E-state index in [9.17, 15) is 0 Å². The molecule has 3 aromatic rings. The summed E-state index contributed by atoms with van der Waals surface area (Å²) in [6.07, 6.45) is 1.69. The molecule has 0 aliphatic carbocycles. The van der Waals surface area contributed by atoms with Crippen LogP contribution in [0.5, 0.6) is 0 Å². The van der Waals surface area contributed by atoms with Crippen molar-refractivity contribution in [3.63, 3.8) is 0 Å². The third-order valence-electron chi connectivity index (χ3n) is 3.22. The van der Waals surface area contributed by atoms with Gasteiger partial charge in [0.15, 0.2) is 0 Å². The van der Waals surface area contributed by atoms with Gasteiger partial charge in [0.05, 0.1) is 21.1 Å². The van der Waals surface area contributed by atoms with Crippen LogP contribution in [0.25, 0.3) is 21.8 Å². The van der Waals surface area contributed by atoms with Crippen LogP contribution in [-0.2, 0) is 0 Å². The van der Waals surface area contributed by atoms with Gasteiger partial charge in [-0.2, -0.15) is 0 Å². The van der Waals surface area contributed by atoms with Gasteiger partial charge in [-0.15, -0.1) is 0 Å². The topological polar surface area (TPSA) is 25.8 Å². The fraction of sp³-hybridized carbons (Fsp3) is 0.143. The number of pyridine rings is 2. The van der Waals surface area contributed by atoms with Crippen LogP contribution in [0.1, 0.15) is 11.3 Å². The van der Waals surface area contributed by atoms with Crippen LogP contribution in [0.3, 0.4) is 0 Å². The molecule has 0 saturated carbocycles. The van der Waals surface area contributed by atoms with E-state index in [0.29, 0.717) is 5.02 Å². The molecule has 0 amide bonds. The highest BCUT2D eigenvalue weighted by Crippen LogP contribution is 2.33. The van der Waals surface area contributed by atoms with E-state index in [-0.39, 0.29) is 0 Å². The fourth-order valence-electron chi connectivity index (χ4n) is 2.07. The quantitative estimate of drug-likeness (QED) is 0.556. The van der Waals surface area contributed by atoms with Crippen molar-refractivity contribution < 1.29 is 0 Å². The number of benzene rings is 1. The normalized spacial score (nSPS) is 11.3. The lowest BCUT2D eigenvalue weighted by Gasteiger charge is -2.09. The summed E-state index contributed by atoms with van der Waals surface area (Å²) in [6, 6.07) is 5.67. The van der Waals surface area contributed by atoms with Crippen molar-refractivity contribution in [2.24, 2.45) is 0 Å². The first-order valence-electron chi connectivity index (χ1n) is 5.59. The molecular formula is C14H10Cl2N2. The van der Waals surface area contributed by atoms with Gasteiger partial charge in [0.2, 0.25) is 0 Å². The highest BCUT2D eigenvalue weighted by molar-refractivity contribution is 6.38. The van der Waals surface area contributed by atoms with E-state index >= 15 is 0 Å². The highest BCUT2D eigenvalue weighted by Gasteiger charge is 2.11. The Balaban J connectivity index is 2.60. The summed E-state index contributed by atoms with van der Waals surface area (Å²) in [5.74, 6) is 0. The molecule has 0 unspecified atom stereocenters. The first-order chi connectivity index (χ1) is 8.59. The van der Waals surface area contributed by atoms with Gasteiger partial charge in [-0.05, 0) is 25.5 Å². The van der Waals surface area contributed by atoms with Gasteiger partial charge in [0.1, 0.15) is 0 Å². The SMILES string of the molecule is Cc1nc2c(ccc3c(Cl)ccnc32)c(Cl)c1C. The Kier molecular flexibility index (Phi) is 2.65. The zero-order valence-electron chi connectivity index (χ0n) is 9.96. The molecule has 2 heterocycles. The Morgan fingerprint density at radius 1 is 0.944 bits per heavy atom. The largest absolute Gasteiger partial charge is 0.254 e. The van der Waals surface area contributed by atoms with E-state index in [4.69, 9.17) is 23.2 Å². The molecule has 0 N–H and O–H groups in total. The number of fused-ring (bicyclic) bond motifs is 3. The van der Waals surface area contributed by atoms with Crippen molar-refractivity contribution in [3.8, 4) is 0 Å². The molecule has 0 radical (unpaired) electrons. The minimum atomic E-state index is 0.679. The summed E-state index contributed by atoms with van der Waals surface area (Å²) in [5.41, 5.74) is 3.53. The summed E-state index contributed by atoms with van der Waals surface area (Å²) in [5, 5.41) is 3.24. The Morgan fingerprint density at radius 3 is 2.44 bits per heavy atom. The first kappa shape index (κ1) is 11.7. The van der Waals surface area contributed by atoms with Crippen molar-refractivity contribution in [1.82, 2.24) is 9.97 Å². The van der Waals surface area contributed by atoms with Gasteiger partial charge in [-0.3, -0.25) is 9.97 Å². The maximum Gasteiger partial charge on any atom is 0.0983 e. The molecule has 0 atom stereocenters. The molecule has 1 aromatic carbocycles. The number of nitrogens with zero attached hydrogens (tertiary/aromatic N) is 2. The molecule has 4 heteroatoms. The molecule has 0 fully saturated rings. The van der Waals surface area contributed by atoms with Gasteiger partial charge in [-0.25, -0.2) is 0 Å².